The van der Waals surface area contributed by atoms with Gasteiger partial charge in [0.25, 0.3) is 0 Å². The van der Waals surface area contributed by atoms with Gasteiger partial charge in [0.1, 0.15) is 5.82 Å². The van der Waals surface area contributed by atoms with Crippen LogP contribution in [0.1, 0.15) is 36.0 Å². The molecule has 3 aromatic carbocycles. The number of fused-ring (bicyclic) bond motifs is 1. The van der Waals surface area contributed by atoms with Crippen LogP contribution < -0.4 is 0 Å². The van der Waals surface area contributed by atoms with Gasteiger partial charge in [-0.3, -0.25) is 0 Å². The average Bonchev–Trinajstić information content (AvgIpc) is 2.61. The van der Waals surface area contributed by atoms with Crippen LogP contribution in [0.3, 0.4) is 0 Å². The zero-order valence-corrected chi connectivity index (χ0v) is 13.9. The molecule has 24 heavy (non-hydrogen) atoms. The second-order valence-corrected chi connectivity index (χ2v) is 6.93. The van der Waals surface area contributed by atoms with Crippen LogP contribution >= 0.6 is 0 Å². The van der Waals surface area contributed by atoms with Gasteiger partial charge in [0.15, 0.2) is 0 Å². The molecule has 0 aromatic heterocycles. The highest BCUT2D eigenvalue weighted by Gasteiger charge is 2.25. The maximum absolute atomic E-state index is 13.6. The number of hydrogen-bond acceptors (Lipinski definition) is 0. The zero-order valence-electron chi connectivity index (χ0n) is 13.9. The van der Waals surface area contributed by atoms with E-state index in [9.17, 15) is 4.39 Å². The number of rotatable bonds is 2. The molecule has 1 heteroatoms. The van der Waals surface area contributed by atoms with Crippen LogP contribution in [0.4, 0.5) is 4.39 Å². The summed E-state index contributed by atoms with van der Waals surface area (Å²) >= 11 is 0. The molecule has 1 aliphatic carbocycles. The van der Waals surface area contributed by atoms with Crippen molar-refractivity contribution in [2.24, 2.45) is 5.92 Å². The summed E-state index contributed by atoms with van der Waals surface area (Å²) in [5.74, 6) is 0.927. The zero-order chi connectivity index (χ0) is 16.5. The monoisotopic (exact) mass is 316 g/mol. The SMILES string of the molecule is C[C@H]1Cc2ccccc2[C@@H](c2cccc(-c3cccc(F)c3)c2)C1. The first kappa shape index (κ1) is 15.1. The average molecular weight is 316 g/mol. The van der Waals surface area contributed by atoms with Crippen LogP contribution in [0, 0.1) is 11.7 Å². The molecule has 2 atom stereocenters. The van der Waals surface area contributed by atoms with E-state index >= 15 is 0 Å². The van der Waals surface area contributed by atoms with Crippen molar-refractivity contribution in [3.63, 3.8) is 0 Å². The standard InChI is InChI=1S/C23H21F/c1-16-12-19-6-2-3-11-22(19)23(13-16)20-9-4-7-17(14-20)18-8-5-10-21(24)15-18/h2-11,14-16,23H,12-13H2,1H3/t16-,23+/m0/s1. The van der Waals surface area contributed by atoms with E-state index in [4.69, 9.17) is 0 Å². The molecule has 0 amide bonds. The Labute approximate surface area is 143 Å². The van der Waals surface area contributed by atoms with Crippen LogP contribution in [-0.2, 0) is 6.42 Å². The highest BCUT2D eigenvalue weighted by molar-refractivity contribution is 5.64. The Morgan fingerprint density at radius 3 is 2.42 bits per heavy atom. The minimum Gasteiger partial charge on any atom is -0.207 e. The lowest BCUT2D eigenvalue weighted by atomic mass is 9.74. The third-order valence-electron chi connectivity index (χ3n) is 5.08. The minimum absolute atomic E-state index is 0.186. The van der Waals surface area contributed by atoms with Gasteiger partial charge < -0.3 is 0 Å². The Morgan fingerprint density at radius 1 is 0.833 bits per heavy atom. The summed E-state index contributed by atoms with van der Waals surface area (Å²) in [6, 6.07) is 24.2. The molecule has 0 fully saturated rings. The van der Waals surface area contributed by atoms with Crippen LogP contribution in [0.25, 0.3) is 11.1 Å². The summed E-state index contributed by atoms with van der Waals surface area (Å²) < 4.78 is 13.6. The van der Waals surface area contributed by atoms with Gasteiger partial charge in [-0.25, -0.2) is 4.39 Å². The second-order valence-electron chi connectivity index (χ2n) is 6.93. The van der Waals surface area contributed by atoms with Gasteiger partial charge in [-0.1, -0.05) is 67.6 Å². The van der Waals surface area contributed by atoms with Crippen LogP contribution in [0.5, 0.6) is 0 Å². The molecule has 0 saturated heterocycles. The quantitative estimate of drug-likeness (QED) is 0.527. The lowest BCUT2D eigenvalue weighted by molar-refractivity contribution is 0.464. The first-order valence-corrected chi connectivity index (χ1v) is 8.64. The molecule has 0 heterocycles. The van der Waals surface area contributed by atoms with Gasteiger partial charge in [0.05, 0.1) is 0 Å². The highest BCUT2D eigenvalue weighted by atomic mass is 19.1. The summed E-state index contributed by atoms with van der Waals surface area (Å²) in [5.41, 5.74) is 6.27. The molecule has 0 spiro atoms. The van der Waals surface area contributed by atoms with Gasteiger partial charge in [-0.15, -0.1) is 0 Å². The molecule has 0 saturated carbocycles. The van der Waals surface area contributed by atoms with E-state index in [1.54, 1.807) is 12.1 Å². The fourth-order valence-corrected chi connectivity index (χ4v) is 3.97. The molecule has 0 bridgehead atoms. The maximum atomic E-state index is 13.6. The predicted octanol–water partition coefficient (Wildman–Crippen LogP) is 6.21. The molecule has 3 aromatic rings. The van der Waals surface area contributed by atoms with E-state index in [1.807, 2.05) is 6.07 Å². The van der Waals surface area contributed by atoms with Crippen molar-refractivity contribution in [3.05, 3.63) is 95.3 Å². The number of hydrogen-bond donors (Lipinski definition) is 0. The van der Waals surface area contributed by atoms with Crippen LogP contribution in [0.15, 0.2) is 72.8 Å². The molecule has 0 N–H and O–H groups in total. The smallest absolute Gasteiger partial charge is 0.123 e. The summed E-state index contributed by atoms with van der Waals surface area (Å²) in [7, 11) is 0. The van der Waals surface area contributed by atoms with Crippen molar-refractivity contribution in [1.29, 1.82) is 0 Å². The van der Waals surface area contributed by atoms with Gasteiger partial charge >= 0.3 is 0 Å². The Kier molecular flexibility index (Phi) is 3.93. The summed E-state index contributed by atoms with van der Waals surface area (Å²) in [4.78, 5) is 0. The van der Waals surface area contributed by atoms with Crippen molar-refractivity contribution in [3.8, 4) is 11.1 Å². The second kappa shape index (κ2) is 6.24. The maximum Gasteiger partial charge on any atom is 0.123 e. The van der Waals surface area contributed by atoms with Crippen molar-refractivity contribution in [2.75, 3.05) is 0 Å². The predicted molar refractivity (Wildman–Crippen MR) is 97.6 cm³/mol. The lowest BCUT2D eigenvalue weighted by Crippen LogP contribution is -2.17. The summed E-state index contributed by atoms with van der Waals surface area (Å²) in [6.07, 6.45) is 2.33. The van der Waals surface area contributed by atoms with Gasteiger partial charge in [-0.05, 0) is 58.7 Å². The normalized spacial score (nSPS) is 19.8. The van der Waals surface area contributed by atoms with Crippen molar-refractivity contribution >= 4 is 0 Å². The first-order chi connectivity index (χ1) is 11.7. The van der Waals surface area contributed by atoms with Gasteiger partial charge in [0.2, 0.25) is 0 Å². The molecule has 0 nitrogen and oxygen atoms in total. The topological polar surface area (TPSA) is 0 Å². The Hall–Kier alpha value is -2.41. The Morgan fingerprint density at radius 2 is 1.58 bits per heavy atom. The van der Waals surface area contributed by atoms with E-state index in [1.165, 1.54) is 29.2 Å². The molecular weight excluding hydrogens is 295 g/mol. The van der Waals surface area contributed by atoms with E-state index in [0.29, 0.717) is 11.8 Å². The third-order valence-corrected chi connectivity index (χ3v) is 5.08. The Bertz CT molecular complexity index is 865. The molecule has 0 radical (unpaired) electrons. The van der Waals surface area contributed by atoms with Crippen molar-refractivity contribution in [2.45, 2.75) is 25.7 Å². The summed E-state index contributed by atoms with van der Waals surface area (Å²) in [6.45, 7) is 2.33. The van der Waals surface area contributed by atoms with Gasteiger partial charge in [0, 0.05) is 5.92 Å². The molecular formula is C23H21F. The molecule has 0 unspecified atom stereocenters. The van der Waals surface area contributed by atoms with E-state index in [0.717, 1.165) is 17.5 Å². The lowest BCUT2D eigenvalue weighted by Gasteiger charge is -2.30. The van der Waals surface area contributed by atoms with Crippen LogP contribution in [-0.4, -0.2) is 0 Å². The van der Waals surface area contributed by atoms with Crippen molar-refractivity contribution in [1.82, 2.24) is 0 Å². The fourth-order valence-electron chi connectivity index (χ4n) is 3.97. The summed E-state index contributed by atoms with van der Waals surface area (Å²) in [5, 5.41) is 0. The fraction of sp³-hybridized carbons (Fsp3) is 0.217. The molecule has 1 aliphatic rings. The largest absolute Gasteiger partial charge is 0.207 e. The molecule has 120 valence electrons. The van der Waals surface area contributed by atoms with Crippen molar-refractivity contribution < 1.29 is 4.39 Å². The van der Waals surface area contributed by atoms with Crippen LogP contribution in [0.2, 0.25) is 0 Å². The van der Waals surface area contributed by atoms with E-state index in [2.05, 4.69) is 55.5 Å². The Balaban J connectivity index is 1.77. The van der Waals surface area contributed by atoms with E-state index < -0.39 is 0 Å². The first-order valence-electron chi connectivity index (χ1n) is 8.64. The minimum atomic E-state index is -0.186. The molecule has 0 aliphatic heterocycles. The number of benzene rings is 3. The van der Waals surface area contributed by atoms with E-state index in [-0.39, 0.29) is 5.82 Å². The molecule has 4 rings (SSSR count). The van der Waals surface area contributed by atoms with Gasteiger partial charge in [-0.2, -0.15) is 0 Å². The third kappa shape index (κ3) is 2.87. The highest BCUT2D eigenvalue weighted by Crippen LogP contribution is 2.40. The number of halogens is 1.